The zero-order valence-electron chi connectivity index (χ0n) is 9.34. The number of aliphatic hydroxyl groups excluding tert-OH is 1. The summed E-state index contributed by atoms with van der Waals surface area (Å²) in [7, 11) is 0. The van der Waals surface area contributed by atoms with Gasteiger partial charge in [-0.2, -0.15) is 0 Å². The summed E-state index contributed by atoms with van der Waals surface area (Å²) in [4.78, 5) is 4.22. The molecule has 2 N–H and O–H groups in total. The summed E-state index contributed by atoms with van der Waals surface area (Å²) in [6, 6.07) is 4.92. The number of benzene rings is 1. The Labute approximate surface area is 104 Å². The molecule has 2 aromatic rings. The lowest BCUT2D eigenvalue weighted by molar-refractivity contribution is 0.174. The van der Waals surface area contributed by atoms with Crippen LogP contribution in [0.1, 0.15) is 6.92 Å². The number of phenolic OH excluding ortho intramolecular Hbond substituents is 1. The molecule has 0 saturated heterocycles. The van der Waals surface area contributed by atoms with E-state index in [-0.39, 0.29) is 10.8 Å². The summed E-state index contributed by atoms with van der Waals surface area (Å²) in [6.45, 7) is 2.18. The van der Waals surface area contributed by atoms with Crippen molar-refractivity contribution in [2.45, 2.75) is 19.6 Å². The summed E-state index contributed by atoms with van der Waals surface area (Å²) in [5, 5.41) is 19.0. The third kappa shape index (κ3) is 2.60. The highest BCUT2D eigenvalue weighted by Crippen LogP contribution is 2.28. The predicted molar refractivity (Wildman–Crippen MR) is 66.0 cm³/mol. The lowest BCUT2D eigenvalue weighted by atomic mass is 10.2. The van der Waals surface area contributed by atoms with Gasteiger partial charge < -0.3 is 14.8 Å². The third-order valence-electron chi connectivity index (χ3n) is 2.38. The van der Waals surface area contributed by atoms with Crippen LogP contribution in [0.4, 0.5) is 0 Å². The van der Waals surface area contributed by atoms with Crippen molar-refractivity contribution in [2.75, 3.05) is 0 Å². The Balaban J connectivity index is 2.39. The third-order valence-corrected chi connectivity index (χ3v) is 2.69. The number of imidazole rings is 1. The largest absolute Gasteiger partial charge is 0.506 e. The van der Waals surface area contributed by atoms with Gasteiger partial charge in [-0.05, 0) is 25.1 Å². The fourth-order valence-corrected chi connectivity index (χ4v) is 1.83. The number of halogens is 1. The zero-order valence-corrected chi connectivity index (χ0v) is 10.1. The number of hydrogen-bond acceptors (Lipinski definition) is 3. The first-order valence-corrected chi connectivity index (χ1v) is 5.64. The Morgan fingerprint density at radius 3 is 2.88 bits per heavy atom. The SMILES string of the molecule is CC(O)Cn1ccnc1-c1ccc(O)c(Cl)c1. The Kier molecular flexibility index (Phi) is 3.36. The van der Waals surface area contributed by atoms with E-state index >= 15 is 0 Å². The van der Waals surface area contributed by atoms with Crippen LogP contribution in [0.25, 0.3) is 11.4 Å². The highest BCUT2D eigenvalue weighted by molar-refractivity contribution is 6.32. The maximum atomic E-state index is 9.38. The molecule has 17 heavy (non-hydrogen) atoms. The Morgan fingerprint density at radius 2 is 2.24 bits per heavy atom. The van der Waals surface area contributed by atoms with Gasteiger partial charge in [-0.3, -0.25) is 0 Å². The van der Waals surface area contributed by atoms with Gasteiger partial charge in [0.1, 0.15) is 11.6 Å². The van der Waals surface area contributed by atoms with Crippen molar-refractivity contribution in [3.8, 4) is 17.1 Å². The average Bonchev–Trinajstić information content (AvgIpc) is 2.69. The second kappa shape index (κ2) is 4.77. The maximum Gasteiger partial charge on any atom is 0.140 e. The molecule has 0 aliphatic heterocycles. The van der Waals surface area contributed by atoms with E-state index in [1.165, 1.54) is 6.07 Å². The van der Waals surface area contributed by atoms with Gasteiger partial charge in [0.05, 0.1) is 11.1 Å². The average molecular weight is 253 g/mol. The monoisotopic (exact) mass is 252 g/mol. The van der Waals surface area contributed by atoms with E-state index in [9.17, 15) is 10.2 Å². The van der Waals surface area contributed by atoms with Crippen molar-refractivity contribution in [3.05, 3.63) is 35.6 Å². The molecule has 0 aliphatic rings. The van der Waals surface area contributed by atoms with Crippen LogP contribution >= 0.6 is 11.6 Å². The van der Waals surface area contributed by atoms with Crippen LogP contribution in [-0.4, -0.2) is 25.9 Å². The van der Waals surface area contributed by atoms with Crippen molar-refractivity contribution in [3.63, 3.8) is 0 Å². The van der Waals surface area contributed by atoms with E-state index in [1.54, 1.807) is 31.5 Å². The lowest BCUT2D eigenvalue weighted by Crippen LogP contribution is -2.11. The second-order valence-corrected chi connectivity index (χ2v) is 4.33. The summed E-state index contributed by atoms with van der Waals surface area (Å²) in [6.07, 6.45) is 3.01. The number of phenols is 1. The molecule has 1 atom stereocenters. The molecule has 0 saturated carbocycles. The van der Waals surface area contributed by atoms with Crippen molar-refractivity contribution in [1.29, 1.82) is 0 Å². The molecule has 0 bridgehead atoms. The zero-order chi connectivity index (χ0) is 12.4. The minimum Gasteiger partial charge on any atom is -0.506 e. The van der Waals surface area contributed by atoms with Crippen LogP contribution in [0, 0.1) is 0 Å². The minimum absolute atomic E-state index is 0.0454. The molecular formula is C12H13ClN2O2. The van der Waals surface area contributed by atoms with E-state index in [0.29, 0.717) is 12.4 Å². The van der Waals surface area contributed by atoms with Gasteiger partial charge in [-0.25, -0.2) is 4.98 Å². The Morgan fingerprint density at radius 1 is 1.47 bits per heavy atom. The number of aromatic hydroxyl groups is 1. The molecular weight excluding hydrogens is 240 g/mol. The van der Waals surface area contributed by atoms with Gasteiger partial charge in [-0.1, -0.05) is 11.6 Å². The molecule has 4 nitrogen and oxygen atoms in total. The standard InChI is InChI=1S/C12H13ClN2O2/c1-8(16)7-15-5-4-14-12(15)9-2-3-11(17)10(13)6-9/h2-6,8,16-17H,7H2,1H3. The molecule has 0 radical (unpaired) electrons. The fourth-order valence-electron chi connectivity index (χ4n) is 1.65. The van der Waals surface area contributed by atoms with E-state index in [1.807, 2.05) is 4.57 Å². The summed E-state index contributed by atoms with van der Waals surface area (Å²) in [5.41, 5.74) is 0.804. The molecule has 1 unspecified atom stereocenters. The second-order valence-electron chi connectivity index (χ2n) is 3.92. The topological polar surface area (TPSA) is 58.3 Å². The van der Waals surface area contributed by atoms with Crippen LogP contribution in [0.3, 0.4) is 0 Å². The van der Waals surface area contributed by atoms with Crippen molar-refractivity contribution >= 4 is 11.6 Å². The highest BCUT2D eigenvalue weighted by atomic mass is 35.5. The molecule has 90 valence electrons. The first-order valence-electron chi connectivity index (χ1n) is 5.26. The number of aromatic nitrogens is 2. The molecule has 1 heterocycles. The molecule has 1 aromatic heterocycles. The Hall–Kier alpha value is -1.52. The quantitative estimate of drug-likeness (QED) is 0.881. The van der Waals surface area contributed by atoms with Gasteiger partial charge in [0.15, 0.2) is 0 Å². The smallest absolute Gasteiger partial charge is 0.140 e. The minimum atomic E-state index is -0.449. The first kappa shape index (κ1) is 12.0. The van der Waals surface area contributed by atoms with Crippen LogP contribution in [0.15, 0.2) is 30.6 Å². The molecule has 0 fully saturated rings. The van der Waals surface area contributed by atoms with E-state index in [0.717, 1.165) is 5.56 Å². The van der Waals surface area contributed by atoms with Gasteiger partial charge in [-0.15, -0.1) is 0 Å². The van der Waals surface area contributed by atoms with Gasteiger partial charge in [0, 0.05) is 24.5 Å². The first-order chi connectivity index (χ1) is 8.08. The van der Waals surface area contributed by atoms with Crippen molar-refractivity contribution in [1.82, 2.24) is 9.55 Å². The number of nitrogens with zero attached hydrogens (tertiary/aromatic N) is 2. The maximum absolute atomic E-state index is 9.38. The molecule has 0 aliphatic carbocycles. The molecule has 0 amide bonds. The Bertz CT molecular complexity index is 523. The summed E-state index contributed by atoms with van der Waals surface area (Å²) >= 11 is 5.85. The molecule has 5 heteroatoms. The van der Waals surface area contributed by atoms with E-state index in [2.05, 4.69) is 4.98 Å². The number of aliphatic hydroxyl groups is 1. The molecule has 2 rings (SSSR count). The van der Waals surface area contributed by atoms with Gasteiger partial charge in [0.2, 0.25) is 0 Å². The molecule has 0 spiro atoms. The highest BCUT2D eigenvalue weighted by Gasteiger charge is 2.09. The fraction of sp³-hybridized carbons (Fsp3) is 0.250. The van der Waals surface area contributed by atoms with Crippen LogP contribution in [-0.2, 0) is 6.54 Å². The van der Waals surface area contributed by atoms with Crippen molar-refractivity contribution in [2.24, 2.45) is 0 Å². The normalized spacial score (nSPS) is 12.6. The number of rotatable bonds is 3. The summed E-state index contributed by atoms with van der Waals surface area (Å²) in [5.74, 6) is 0.761. The van der Waals surface area contributed by atoms with E-state index in [4.69, 9.17) is 11.6 Å². The van der Waals surface area contributed by atoms with Crippen LogP contribution in [0.2, 0.25) is 5.02 Å². The van der Waals surface area contributed by atoms with Gasteiger partial charge >= 0.3 is 0 Å². The molecule has 1 aromatic carbocycles. The van der Waals surface area contributed by atoms with E-state index < -0.39 is 6.10 Å². The van der Waals surface area contributed by atoms with Crippen molar-refractivity contribution < 1.29 is 10.2 Å². The number of hydrogen-bond donors (Lipinski definition) is 2. The van der Waals surface area contributed by atoms with Gasteiger partial charge in [0.25, 0.3) is 0 Å². The van der Waals surface area contributed by atoms with Crippen LogP contribution in [0.5, 0.6) is 5.75 Å². The predicted octanol–water partition coefficient (Wildman–Crippen LogP) is 2.29. The van der Waals surface area contributed by atoms with Crippen LogP contribution < -0.4 is 0 Å². The summed E-state index contributed by atoms with van der Waals surface area (Å²) < 4.78 is 1.84. The lowest BCUT2D eigenvalue weighted by Gasteiger charge is -2.10.